The Bertz CT molecular complexity index is 424. The Morgan fingerprint density at radius 2 is 1.59 bits per heavy atom. The number of benzene rings is 2. The quantitative estimate of drug-likeness (QED) is 0.514. The van der Waals surface area contributed by atoms with Gasteiger partial charge in [0.2, 0.25) is 0 Å². The average molecular weight is 440 g/mol. The first-order chi connectivity index (χ1) is 10.2. The molecule has 2 radical (unpaired) electrons. The second-order valence-corrected chi connectivity index (χ2v) is 4.17. The first-order valence-corrected chi connectivity index (χ1v) is 7.82. The summed E-state index contributed by atoms with van der Waals surface area (Å²) >= 11 is 3.28. The molecule has 22 heavy (non-hydrogen) atoms. The van der Waals surface area contributed by atoms with Crippen LogP contribution < -0.4 is 4.65 Å². The van der Waals surface area contributed by atoms with E-state index in [1.54, 1.807) is 12.1 Å². The first kappa shape index (κ1) is 26.7. The maximum absolute atomic E-state index is 8.24. The van der Waals surface area contributed by atoms with E-state index in [9.17, 15) is 0 Å². The first-order valence-electron chi connectivity index (χ1n) is 7.03. The molecule has 0 fully saturated rings. The van der Waals surface area contributed by atoms with Gasteiger partial charge in [0.05, 0.1) is 5.75 Å². The van der Waals surface area contributed by atoms with Gasteiger partial charge in [0, 0.05) is 32.7 Å². The van der Waals surface area contributed by atoms with Crippen LogP contribution >= 0.6 is 15.9 Å². The van der Waals surface area contributed by atoms with Crippen LogP contribution in [0.5, 0.6) is 5.75 Å². The summed E-state index contributed by atoms with van der Waals surface area (Å²) < 4.78 is 5.77. The van der Waals surface area contributed by atoms with Gasteiger partial charge in [-0.2, -0.15) is 30.3 Å². The second kappa shape index (κ2) is 20.8. The van der Waals surface area contributed by atoms with Crippen molar-refractivity contribution in [1.29, 1.82) is 0 Å². The summed E-state index contributed by atoms with van der Waals surface area (Å²) in [4.78, 5) is 0. The summed E-state index contributed by atoms with van der Waals surface area (Å²) in [6.45, 7) is 9.99. The zero-order valence-electron chi connectivity index (χ0n) is 14.0. The van der Waals surface area contributed by atoms with Crippen molar-refractivity contribution in [1.82, 2.24) is 0 Å². The van der Waals surface area contributed by atoms with E-state index in [4.69, 9.17) is 9.68 Å². The molecule has 118 valence electrons. The molecule has 0 aliphatic rings. The van der Waals surface area contributed by atoms with Gasteiger partial charge in [-0.3, -0.25) is 0 Å². The number of aryl methyl sites for hydroxylation is 1. The minimum atomic E-state index is 0. The maximum atomic E-state index is 8.24. The topological polar surface area (TPSA) is 29.5 Å². The van der Waals surface area contributed by atoms with Crippen LogP contribution in [-0.4, -0.2) is 12.7 Å². The molecule has 0 unspecified atom stereocenters. The van der Waals surface area contributed by atoms with E-state index >= 15 is 0 Å². The molecule has 0 spiro atoms. The largest absolute Gasteiger partial charge is 0.569 e. The molecule has 2 nitrogen and oxygen atoms in total. The minimum Gasteiger partial charge on any atom is -0.537 e. The zero-order valence-corrected chi connectivity index (χ0v) is 18.4. The van der Waals surface area contributed by atoms with E-state index in [0.717, 1.165) is 4.47 Å². The Balaban J connectivity index is -0.000000266. The SMILES string of the molecule is Brc1c[c-]ccc1.CC.CC.Cc1ccc(O[B]O)cc1.[Y]. The number of rotatable bonds is 2. The number of hydrogen-bond donors (Lipinski definition) is 1. The fourth-order valence-corrected chi connectivity index (χ4v) is 1.33. The molecule has 0 aliphatic heterocycles. The predicted molar refractivity (Wildman–Crippen MR) is 95.5 cm³/mol. The van der Waals surface area contributed by atoms with Gasteiger partial charge >= 0.3 is 7.69 Å². The van der Waals surface area contributed by atoms with Crippen molar-refractivity contribution >= 4 is 23.6 Å². The summed E-state index contributed by atoms with van der Waals surface area (Å²) in [6, 6.07) is 18.0. The van der Waals surface area contributed by atoms with Crippen LogP contribution in [0.4, 0.5) is 0 Å². The van der Waals surface area contributed by atoms with Crippen LogP contribution in [0.1, 0.15) is 33.3 Å². The van der Waals surface area contributed by atoms with Crippen molar-refractivity contribution < 1.29 is 42.4 Å². The summed E-state index contributed by atoms with van der Waals surface area (Å²) in [5.74, 6) is 0.646. The molecule has 2 aromatic carbocycles. The van der Waals surface area contributed by atoms with Gasteiger partial charge in [-0.05, 0) is 19.1 Å². The van der Waals surface area contributed by atoms with Crippen LogP contribution in [0.25, 0.3) is 0 Å². The summed E-state index contributed by atoms with van der Waals surface area (Å²) in [5.41, 5.74) is 1.17. The van der Waals surface area contributed by atoms with Gasteiger partial charge in [-0.25, -0.2) is 0 Å². The molecular weight excluding hydrogens is 416 g/mol. The Kier molecular flexibility index (Phi) is 25.3. The molecule has 0 aliphatic carbocycles. The van der Waals surface area contributed by atoms with Crippen molar-refractivity contribution in [2.24, 2.45) is 0 Å². The molecule has 5 heteroatoms. The third kappa shape index (κ3) is 16.2. The smallest absolute Gasteiger partial charge is 0.537 e. The molecular formula is C17H24BBrO2Y-. The Morgan fingerprint density at radius 3 is 1.91 bits per heavy atom. The second-order valence-electron chi connectivity index (χ2n) is 3.26. The Hall–Kier alpha value is -0.151. The van der Waals surface area contributed by atoms with Gasteiger partial charge in [0.1, 0.15) is 0 Å². The predicted octanol–water partition coefficient (Wildman–Crippen LogP) is 5.20. The molecule has 0 bridgehead atoms. The fourth-order valence-electron chi connectivity index (χ4n) is 1.05. The van der Waals surface area contributed by atoms with Gasteiger partial charge < -0.3 is 9.68 Å². The zero-order chi connectivity index (χ0) is 16.5. The van der Waals surface area contributed by atoms with E-state index in [-0.39, 0.29) is 32.7 Å². The van der Waals surface area contributed by atoms with Crippen molar-refractivity contribution in [3.8, 4) is 5.75 Å². The van der Waals surface area contributed by atoms with Crippen molar-refractivity contribution in [3.05, 3.63) is 64.6 Å². The standard InChI is InChI=1S/C7H8BO2.C6H4Br.2C2H6.Y/c1-6-2-4-7(5-3-6)10-8-9;7-6-4-2-1-3-5-6;2*1-2;/h2-5,9H,1H3;1-2,4-5H;2*1-2H3;/q;-1;;;. The van der Waals surface area contributed by atoms with Gasteiger partial charge in [-0.15, -0.1) is 15.9 Å². The third-order valence-electron chi connectivity index (χ3n) is 1.88. The van der Waals surface area contributed by atoms with Gasteiger partial charge in [0.25, 0.3) is 0 Å². The minimum absolute atomic E-state index is 0. The van der Waals surface area contributed by atoms with Crippen LogP contribution in [0.2, 0.25) is 0 Å². The van der Waals surface area contributed by atoms with Crippen molar-refractivity contribution in [3.63, 3.8) is 0 Å². The number of halogens is 1. The van der Waals surface area contributed by atoms with Crippen molar-refractivity contribution in [2.75, 3.05) is 0 Å². The monoisotopic (exact) mass is 439 g/mol. The molecule has 0 saturated carbocycles. The van der Waals surface area contributed by atoms with E-state index < -0.39 is 0 Å². The molecule has 0 aromatic heterocycles. The Morgan fingerprint density at radius 1 is 1.05 bits per heavy atom. The fraction of sp³-hybridized carbons (Fsp3) is 0.294. The molecule has 1 N–H and O–H groups in total. The van der Waals surface area contributed by atoms with Crippen LogP contribution in [0, 0.1) is 13.0 Å². The summed E-state index contributed by atoms with van der Waals surface area (Å²) in [5, 5.41) is 8.24. The van der Waals surface area contributed by atoms with Crippen molar-refractivity contribution in [2.45, 2.75) is 34.6 Å². The van der Waals surface area contributed by atoms with Crippen LogP contribution in [0.15, 0.2) is 53.0 Å². The molecule has 2 aromatic rings. The van der Waals surface area contributed by atoms with E-state index in [1.807, 2.05) is 71.0 Å². The molecule has 0 saturated heterocycles. The maximum Gasteiger partial charge on any atom is 0.569 e. The van der Waals surface area contributed by atoms with E-state index in [0.29, 0.717) is 13.4 Å². The van der Waals surface area contributed by atoms with Crippen LogP contribution in [0.3, 0.4) is 0 Å². The molecule has 0 amide bonds. The average Bonchev–Trinajstić information content (AvgIpc) is 2.55. The van der Waals surface area contributed by atoms with Gasteiger partial charge in [-0.1, -0.05) is 49.9 Å². The van der Waals surface area contributed by atoms with E-state index in [1.165, 1.54) is 5.56 Å². The van der Waals surface area contributed by atoms with Crippen LogP contribution in [-0.2, 0) is 32.7 Å². The molecule has 2 rings (SSSR count). The summed E-state index contributed by atoms with van der Waals surface area (Å²) in [6.07, 6.45) is 0. The van der Waals surface area contributed by atoms with Gasteiger partial charge in [0.15, 0.2) is 0 Å². The normalized spacial score (nSPS) is 7.41. The summed E-state index contributed by atoms with van der Waals surface area (Å²) in [7, 11) is 0.671. The molecule has 0 heterocycles. The number of hydrogen-bond acceptors (Lipinski definition) is 2. The Labute approximate surface area is 170 Å². The molecule has 0 atom stereocenters. The van der Waals surface area contributed by atoms with E-state index in [2.05, 4.69) is 22.0 Å². The third-order valence-corrected chi connectivity index (χ3v) is 2.37.